The minimum Gasteiger partial charge on any atom is -0.431 e. The average molecular weight is 464 g/mol. The van der Waals surface area contributed by atoms with E-state index in [-0.39, 0.29) is 19.8 Å². The summed E-state index contributed by atoms with van der Waals surface area (Å²) in [5.41, 5.74) is 2.09. The van der Waals surface area contributed by atoms with E-state index in [1.165, 1.54) is 0 Å². The molecule has 0 atom stereocenters. The topological polar surface area (TPSA) is 107 Å². The van der Waals surface area contributed by atoms with Crippen LogP contribution in [0.4, 0.5) is 14.4 Å². The molecule has 10 heteroatoms. The Hall–Kier alpha value is -4.47. The second kappa shape index (κ2) is 13.2. The molecule has 0 heterocycles. The van der Waals surface area contributed by atoms with Crippen LogP contribution in [0.1, 0.15) is 16.7 Å². The van der Waals surface area contributed by atoms with Crippen molar-refractivity contribution < 1.29 is 42.6 Å². The smallest absolute Gasteiger partial charge is 0.431 e. The SMILES string of the molecule is O=C(OCc1ccccc1)OB(OC(=O)OCc1ccccc1)OC(=O)OCc1ccccc1. The van der Waals surface area contributed by atoms with Gasteiger partial charge in [0.1, 0.15) is 19.8 Å². The van der Waals surface area contributed by atoms with Gasteiger partial charge in [-0.2, -0.15) is 0 Å². The second-order valence-electron chi connectivity index (χ2n) is 6.72. The Balaban J connectivity index is 1.53. The zero-order chi connectivity index (χ0) is 24.0. The molecule has 3 rings (SSSR count). The Labute approximate surface area is 196 Å². The third-order valence-corrected chi connectivity index (χ3v) is 4.18. The lowest BCUT2D eigenvalue weighted by molar-refractivity contribution is 0.0330. The number of hydrogen-bond acceptors (Lipinski definition) is 9. The summed E-state index contributed by atoms with van der Waals surface area (Å²) in [6.45, 7) is -0.324. The molecule has 0 unspecified atom stereocenters. The number of carbonyl (C=O) groups is 3. The molecule has 0 saturated heterocycles. The molecule has 0 aromatic heterocycles. The van der Waals surface area contributed by atoms with Crippen LogP contribution in [0.25, 0.3) is 0 Å². The van der Waals surface area contributed by atoms with Crippen molar-refractivity contribution in [3.63, 3.8) is 0 Å². The highest BCUT2D eigenvalue weighted by atomic mass is 16.9. The van der Waals surface area contributed by atoms with Crippen molar-refractivity contribution in [3.8, 4) is 0 Å². The lowest BCUT2D eigenvalue weighted by atomic mass is 10.2. The van der Waals surface area contributed by atoms with Crippen molar-refractivity contribution in [3.05, 3.63) is 108 Å². The summed E-state index contributed by atoms with van der Waals surface area (Å²) < 4.78 is 29.3. The third-order valence-electron chi connectivity index (χ3n) is 4.18. The molecule has 0 saturated carbocycles. The molecule has 0 aliphatic rings. The van der Waals surface area contributed by atoms with Gasteiger partial charge in [0.05, 0.1) is 0 Å². The van der Waals surface area contributed by atoms with Crippen molar-refractivity contribution in [2.24, 2.45) is 0 Å². The highest BCUT2D eigenvalue weighted by Crippen LogP contribution is 2.08. The quantitative estimate of drug-likeness (QED) is 0.245. The fourth-order valence-corrected chi connectivity index (χ4v) is 2.56. The summed E-state index contributed by atoms with van der Waals surface area (Å²) in [6.07, 6.45) is -3.71. The van der Waals surface area contributed by atoms with Crippen molar-refractivity contribution in [1.29, 1.82) is 0 Å². The largest absolute Gasteiger partial charge is 0.877 e. The standard InChI is InChI=1S/C24H21BO9/c26-22(29-16-19-10-4-1-5-11-19)32-25(33-23(27)30-17-20-12-6-2-7-13-20)34-24(28)31-18-21-14-8-3-9-15-21/h1-15H,16-18H2. The highest BCUT2D eigenvalue weighted by Gasteiger charge is 2.39. The van der Waals surface area contributed by atoms with Crippen LogP contribution in [0, 0.1) is 0 Å². The second-order valence-corrected chi connectivity index (χ2v) is 6.72. The zero-order valence-electron chi connectivity index (χ0n) is 18.0. The minimum atomic E-state index is -2.09. The monoisotopic (exact) mass is 464 g/mol. The Bertz CT molecular complexity index is 909. The van der Waals surface area contributed by atoms with E-state index in [0.29, 0.717) is 16.7 Å². The maximum Gasteiger partial charge on any atom is 0.877 e. The van der Waals surface area contributed by atoms with E-state index in [1.54, 1.807) is 72.8 Å². The number of benzene rings is 3. The molecule has 9 nitrogen and oxygen atoms in total. The summed E-state index contributed by atoms with van der Waals surface area (Å²) >= 11 is 0. The van der Waals surface area contributed by atoms with Crippen molar-refractivity contribution in [2.45, 2.75) is 19.8 Å². The molecule has 0 bridgehead atoms. The first-order valence-electron chi connectivity index (χ1n) is 10.2. The van der Waals surface area contributed by atoms with Gasteiger partial charge in [0.15, 0.2) is 0 Å². The molecular weight excluding hydrogens is 443 g/mol. The number of ether oxygens (including phenoxy) is 3. The van der Waals surface area contributed by atoms with Crippen LogP contribution in [0.3, 0.4) is 0 Å². The average Bonchev–Trinajstić information content (AvgIpc) is 2.87. The molecule has 3 aromatic rings. The van der Waals surface area contributed by atoms with Crippen LogP contribution in [0.15, 0.2) is 91.0 Å². The van der Waals surface area contributed by atoms with Gasteiger partial charge in [-0.05, 0) is 16.7 Å². The van der Waals surface area contributed by atoms with E-state index < -0.39 is 25.8 Å². The van der Waals surface area contributed by atoms with E-state index in [2.05, 4.69) is 0 Å². The van der Waals surface area contributed by atoms with E-state index >= 15 is 0 Å². The van der Waals surface area contributed by atoms with Crippen LogP contribution in [-0.2, 0) is 48.0 Å². The predicted octanol–water partition coefficient (Wildman–Crippen LogP) is 5.03. The first-order valence-corrected chi connectivity index (χ1v) is 10.2. The van der Waals surface area contributed by atoms with Crippen LogP contribution in [0.5, 0.6) is 0 Å². The molecule has 0 radical (unpaired) electrons. The normalized spacial score (nSPS) is 9.88. The van der Waals surface area contributed by atoms with Gasteiger partial charge in [0, 0.05) is 0 Å². The minimum absolute atomic E-state index is 0.108. The first kappa shape index (κ1) is 24.2. The van der Waals surface area contributed by atoms with Gasteiger partial charge in [-0.1, -0.05) is 91.0 Å². The Morgan fingerprint density at radius 3 is 1.00 bits per heavy atom. The molecule has 0 amide bonds. The molecule has 0 aliphatic heterocycles. The van der Waals surface area contributed by atoms with Crippen LogP contribution < -0.4 is 0 Å². The van der Waals surface area contributed by atoms with Gasteiger partial charge in [0.25, 0.3) is 0 Å². The molecular formula is C24H21BO9. The highest BCUT2D eigenvalue weighted by molar-refractivity contribution is 6.43. The Morgan fingerprint density at radius 1 is 0.471 bits per heavy atom. The summed E-state index contributed by atoms with van der Waals surface area (Å²) in [6, 6.07) is 26.4. The fourth-order valence-electron chi connectivity index (χ4n) is 2.56. The summed E-state index contributed by atoms with van der Waals surface area (Å²) in [5, 5.41) is 0. The summed E-state index contributed by atoms with van der Waals surface area (Å²) in [4.78, 5) is 36.1. The zero-order valence-corrected chi connectivity index (χ0v) is 18.0. The van der Waals surface area contributed by atoms with Gasteiger partial charge >= 0.3 is 25.8 Å². The van der Waals surface area contributed by atoms with Crippen molar-refractivity contribution in [1.82, 2.24) is 0 Å². The van der Waals surface area contributed by atoms with E-state index in [4.69, 9.17) is 28.2 Å². The van der Waals surface area contributed by atoms with Crippen molar-refractivity contribution >= 4 is 25.8 Å². The van der Waals surface area contributed by atoms with Crippen LogP contribution in [-0.4, -0.2) is 25.8 Å². The number of hydrogen-bond donors (Lipinski definition) is 0. The molecule has 0 N–H and O–H groups in total. The first-order chi connectivity index (χ1) is 16.6. The maximum atomic E-state index is 12.0. The number of rotatable bonds is 9. The molecule has 0 aliphatic carbocycles. The molecule has 0 spiro atoms. The predicted molar refractivity (Wildman–Crippen MR) is 119 cm³/mol. The lowest BCUT2D eigenvalue weighted by Crippen LogP contribution is -2.35. The molecule has 34 heavy (non-hydrogen) atoms. The maximum absolute atomic E-state index is 12.0. The molecule has 3 aromatic carbocycles. The third kappa shape index (κ3) is 8.95. The Kier molecular flexibility index (Phi) is 9.37. The molecule has 174 valence electrons. The van der Waals surface area contributed by atoms with Crippen LogP contribution >= 0.6 is 0 Å². The number of carbonyl (C=O) groups excluding carboxylic acids is 3. The van der Waals surface area contributed by atoms with E-state index in [1.807, 2.05) is 18.2 Å². The van der Waals surface area contributed by atoms with Gasteiger partial charge in [-0.25, -0.2) is 14.4 Å². The van der Waals surface area contributed by atoms with E-state index in [9.17, 15) is 14.4 Å². The van der Waals surface area contributed by atoms with Crippen molar-refractivity contribution in [2.75, 3.05) is 0 Å². The fraction of sp³-hybridized carbons (Fsp3) is 0.125. The van der Waals surface area contributed by atoms with Gasteiger partial charge in [-0.15, -0.1) is 0 Å². The Morgan fingerprint density at radius 2 is 0.735 bits per heavy atom. The summed E-state index contributed by atoms with van der Waals surface area (Å²) in [5.74, 6) is 0. The molecule has 0 fully saturated rings. The lowest BCUT2D eigenvalue weighted by Gasteiger charge is -2.13. The van der Waals surface area contributed by atoms with Crippen LogP contribution in [0.2, 0.25) is 0 Å². The van der Waals surface area contributed by atoms with E-state index in [0.717, 1.165) is 0 Å². The van der Waals surface area contributed by atoms with Gasteiger partial charge in [0.2, 0.25) is 0 Å². The summed E-state index contributed by atoms with van der Waals surface area (Å²) in [7, 11) is -2.09. The van der Waals surface area contributed by atoms with Gasteiger partial charge in [-0.3, -0.25) is 0 Å². The van der Waals surface area contributed by atoms with Gasteiger partial charge < -0.3 is 28.2 Å².